The Morgan fingerprint density at radius 1 is 1.08 bits per heavy atom. The molecule has 0 N–H and O–H groups in total. The maximum Gasteiger partial charge on any atom is 0.252 e. The van der Waals surface area contributed by atoms with Gasteiger partial charge in [-0.25, -0.2) is 8.42 Å². The first kappa shape index (κ1) is 18.2. The summed E-state index contributed by atoms with van der Waals surface area (Å²) in [6.45, 7) is 4.28. The molecule has 0 unspecified atom stereocenters. The SMILES string of the molecule is O=S(=O)(c1cccs1)N1CCN(Cc2cc3c(cc2Br)OCCO3)CC1. The number of fused-ring (bicyclic) bond motifs is 1. The zero-order valence-corrected chi connectivity index (χ0v) is 17.3. The number of nitrogens with zero attached hydrogens (tertiary/aromatic N) is 2. The van der Waals surface area contributed by atoms with E-state index in [1.165, 1.54) is 11.3 Å². The van der Waals surface area contributed by atoms with Crippen molar-refractivity contribution in [3.63, 3.8) is 0 Å². The second-order valence-corrected chi connectivity index (χ2v) is 10.2. The van der Waals surface area contributed by atoms with Crippen molar-refractivity contribution >= 4 is 37.3 Å². The summed E-state index contributed by atoms with van der Waals surface area (Å²) in [5.74, 6) is 1.53. The molecule has 0 spiro atoms. The van der Waals surface area contributed by atoms with Gasteiger partial charge in [0.1, 0.15) is 17.4 Å². The van der Waals surface area contributed by atoms with Crippen LogP contribution in [0.3, 0.4) is 0 Å². The molecule has 140 valence electrons. The van der Waals surface area contributed by atoms with E-state index in [-0.39, 0.29) is 0 Å². The maximum absolute atomic E-state index is 12.6. The topological polar surface area (TPSA) is 59.1 Å². The highest BCUT2D eigenvalue weighted by atomic mass is 79.9. The molecule has 3 heterocycles. The van der Waals surface area contributed by atoms with Gasteiger partial charge in [0.15, 0.2) is 11.5 Å². The number of piperazine rings is 1. The van der Waals surface area contributed by atoms with Crippen molar-refractivity contribution in [1.29, 1.82) is 0 Å². The van der Waals surface area contributed by atoms with Crippen molar-refractivity contribution in [3.8, 4) is 11.5 Å². The van der Waals surface area contributed by atoms with Gasteiger partial charge in [0.05, 0.1) is 0 Å². The third kappa shape index (κ3) is 3.63. The number of benzene rings is 1. The number of thiophene rings is 1. The minimum absolute atomic E-state index is 0.417. The standard InChI is InChI=1S/C17H19BrN2O4S2/c18-14-11-16-15(23-7-8-24-16)10-13(14)12-19-3-5-20(6-4-19)26(21,22)17-2-1-9-25-17/h1-2,9-11H,3-8,12H2. The Morgan fingerprint density at radius 3 is 2.42 bits per heavy atom. The monoisotopic (exact) mass is 458 g/mol. The predicted molar refractivity (Wildman–Crippen MR) is 103 cm³/mol. The number of sulfonamides is 1. The van der Waals surface area contributed by atoms with E-state index in [9.17, 15) is 8.42 Å². The van der Waals surface area contributed by atoms with Crippen LogP contribution in [0.5, 0.6) is 11.5 Å². The smallest absolute Gasteiger partial charge is 0.252 e. The normalized spacial score (nSPS) is 18.8. The van der Waals surface area contributed by atoms with Crippen LogP contribution in [0.25, 0.3) is 0 Å². The van der Waals surface area contributed by atoms with Crippen molar-refractivity contribution in [2.75, 3.05) is 39.4 Å². The van der Waals surface area contributed by atoms with Crippen molar-refractivity contribution in [3.05, 3.63) is 39.7 Å². The Kier molecular flexibility index (Phi) is 5.24. The quantitative estimate of drug-likeness (QED) is 0.704. The maximum atomic E-state index is 12.6. The van der Waals surface area contributed by atoms with Gasteiger partial charge in [0.25, 0.3) is 10.0 Å². The lowest BCUT2D eigenvalue weighted by Gasteiger charge is -2.34. The minimum atomic E-state index is -3.36. The van der Waals surface area contributed by atoms with E-state index in [1.54, 1.807) is 21.8 Å². The van der Waals surface area contributed by atoms with Crippen LogP contribution >= 0.6 is 27.3 Å². The fraction of sp³-hybridized carbons (Fsp3) is 0.412. The molecule has 0 radical (unpaired) electrons. The van der Waals surface area contributed by atoms with Crippen LogP contribution in [0.15, 0.2) is 38.3 Å². The van der Waals surface area contributed by atoms with Crippen molar-refractivity contribution < 1.29 is 17.9 Å². The Bertz CT molecular complexity index is 878. The molecule has 26 heavy (non-hydrogen) atoms. The molecule has 4 rings (SSSR count). The number of rotatable bonds is 4. The van der Waals surface area contributed by atoms with Crippen molar-refractivity contribution in [2.24, 2.45) is 0 Å². The molecule has 1 fully saturated rings. The van der Waals surface area contributed by atoms with Crippen LogP contribution in [0.4, 0.5) is 0 Å². The molecule has 0 saturated carbocycles. The molecular weight excluding hydrogens is 440 g/mol. The van der Waals surface area contributed by atoms with Crippen molar-refractivity contribution in [2.45, 2.75) is 10.8 Å². The third-order valence-electron chi connectivity index (χ3n) is 4.53. The zero-order valence-electron chi connectivity index (χ0n) is 14.1. The van der Waals surface area contributed by atoms with Crippen LogP contribution in [-0.2, 0) is 16.6 Å². The van der Waals surface area contributed by atoms with Gasteiger partial charge in [-0.3, -0.25) is 4.90 Å². The summed E-state index contributed by atoms with van der Waals surface area (Å²) in [4.78, 5) is 2.26. The molecule has 2 aliphatic rings. The average molecular weight is 459 g/mol. The summed E-state index contributed by atoms with van der Waals surface area (Å²) in [5, 5.41) is 1.79. The fourth-order valence-electron chi connectivity index (χ4n) is 3.13. The molecule has 1 aromatic carbocycles. The molecule has 6 nitrogen and oxygen atoms in total. The molecule has 0 bridgehead atoms. The van der Waals surface area contributed by atoms with Crippen LogP contribution in [0.1, 0.15) is 5.56 Å². The number of halogens is 1. The van der Waals surface area contributed by atoms with Gasteiger partial charge in [-0.2, -0.15) is 4.31 Å². The number of hydrogen-bond acceptors (Lipinski definition) is 6. The summed E-state index contributed by atoms with van der Waals surface area (Å²) in [6, 6.07) is 7.39. The van der Waals surface area contributed by atoms with Crippen molar-refractivity contribution in [1.82, 2.24) is 9.21 Å². The Balaban J connectivity index is 1.41. The molecule has 2 aromatic rings. The average Bonchev–Trinajstić information content (AvgIpc) is 3.18. The van der Waals surface area contributed by atoms with Gasteiger partial charge in [-0.1, -0.05) is 22.0 Å². The van der Waals surface area contributed by atoms with Gasteiger partial charge in [-0.15, -0.1) is 11.3 Å². The molecular formula is C17H19BrN2O4S2. The molecule has 0 aliphatic carbocycles. The van der Waals surface area contributed by atoms with Gasteiger partial charge < -0.3 is 9.47 Å². The third-order valence-corrected chi connectivity index (χ3v) is 8.54. The minimum Gasteiger partial charge on any atom is -0.486 e. The first-order valence-electron chi connectivity index (χ1n) is 8.38. The Morgan fingerprint density at radius 2 is 1.77 bits per heavy atom. The van der Waals surface area contributed by atoms with E-state index < -0.39 is 10.0 Å². The van der Waals surface area contributed by atoms with Crippen LogP contribution < -0.4 is 9.47 Å². The summed E-state index contributed by atoms with van der Waals surface area (Å²) in [6.07, 6.45) is 0. The second kappa shape index (κ2) is 7.47. The van der Waals surface area contributed by atoms with E-state index in [2.05, 4.69) is 20.8 Å². The molecule has 1 saturated heterocycles. The van der Waals surface area contributed by atoms with Gasteiger partial charge in [0.2, 0.25) is 0 Å². The summed E-state index contributed by atoms with van der Waals surface area (Å²) in [5.41, 5.74) is 1.11. The van der Waals surface area contributed by atoms with Crippen LogP contribution in [-0.4, -0.2) is 57.0 Å². The van der Waals surface area contributed by atoms with E-state index in [0.29, 0.717) is 43.6 Å². The highest BCUT2D eigenvalue weighted by Crippen LogP contribution is 2.36. The van der Waals surface area contributed by atoms with Crippen LogP contribution in [0.2, 0.25) is 0 Å². The summed E-state index contributed by atoms with van der Waals surface area (Å²) < 4.78 is 39.4. The number of hydrogen-bond donors (Lipinski definition) is 0. The van der Waals surface area contributed by atoms with E-state index in [4.69, 9.17) is 9.47 Å². The fourth-order valence-corrected chi connectivity index (χ4v) is 6.15. The van der Waals surface area contributed by atoms with Gasteiger partial charge in [-0.05, 0) is 29.1 Å². The first-order valence-corrected chi connectivity index (χ1v) is 11.5. The molecule has 9 heteroatoms. The molecule has 0 atom stereocenters. The lowest BCUT2D eigenvalue weighted by molar-refractivity contribution is 0.168. The lowest BCUT2D eigenvalue weighted by atomic mass is 10.1. The van der Waals surface area contributed by atoms with Gasteiger partial charge >= 0.3 is 0 Å². The lowest BCUT2D eigenvalue weighted by Crippen LogP contribution is -2.48. The van der Waals surface area contributed by atoms with E-state index in [1.807, 2.05) is 12.1 Å². The second-order valence-electron chi connectivity index (χ2n) is 6.20. The summed E-state index contributed by atoms with van der Waals surface area (Å²) >= 11 is 4.87. The van der Waals surface area contributed by atoms with E-state index in [0.717, 1.165) is 28.1 Å². The van der Waals surface area contributed by atoms with Gasteiger partial charge in [0, 0.05) is 37.2 Å². The zero-order chi connectivity index (χ0) is 18.1. The van der Waals surface area contributed by atoms with Crippen LogP contribution in [0, 0.1) is 0 Å². The Hall–Kier alpha value is -1.13. The molecule has 0 amide bonds. The highest BCUT2D eigenvalue weighted by molar-refractivity contribution is 9.10. The first-order chi connectivity index (χ1) is 12.5. The summed E-state index contributed by atoms with van der Waals surface area (Å²) in [7, 11) is -3.36. The Labute approximate surface area is 165 Å². The highest BCUT2D eigenvalue weighted by Gasteiger charge is 2.29. The number of ether oxygens (including phenoxy) is 2. The predicted octanol–water partition coefficient (Wildman–Crippen LogP) is 2.79. The molecule has 2 aliphatic heterocycles. The molecule has 1 aromatic heterocycles. The largest absolute Gasteiger partial charge is 0.486 e. The van der Waals surface area contributed by atoms with E-state index >= 15 is 0 Å².